The number of aliphatic hydroxyl groups excluding tert-OH is 1. The second-order valence-corrected chi connectivity index (χ2v) is 7.10. The first-order chi connectivity index (χ1) is 12.1. The van der Waals surface area contributed by atoms with E-state index < -0.39 is 6.10 Å². The third-order valence-corrected chi connectivity index (χ3v) is 4.87. The zero-order valence-corrected chi connectivity index (χ0v) is 15.1. The molecule has 1 N–H and O–H groups in total. The van der Waals surface area contributed by atoms with E-state index in [1.165, 1.54) is 0 Å². The number of nitrogens with zero attached hydrogens (tertiary/aromatic N) is 4. The van der Waals surface area contributed by atoms with Gasteiger partial charge in [-0.05, 0) is 51.4 Å². The minimum absolute atomic E-state index is 0.402. The van der Waals surface area contributed by atoms with Crippen LogP contribution in [0.5, 0.6) is 0 Å². The Labute approximate surface area is 149 Å². The summed E-state index contributed by atoms with van der Waals surface area (Å²) in [6.45, 7) is 6.38. The Hall–Kier alpha value is -1.76. The van der Waals surface area contributed by atoms with Crippen LogP contribution in [0.15, 0.2) is 34.9 Å². The lowest BCUT2D eigenvalue weighted by Gasteiger charge is -2.34. The van der Waals surface area contributed by atoms with Gasteiger partial charge in [-0.2, -0.15) is 4.98 Å². The van der Waals surface area contributed by atoms with Crippen molar-refractivity contribution in [2.75, 3.05) is 33.2 Å². The van der Waals surface area contributed by atoms with E-state index in [1.54, 1.807) is 0 Å². The lowest BCUT2D eigenvalue weighted by Crippen LogP contribution is -2.39. The summed E-state index contributed by atoms with van der Waals surface area (Å²) in [5.74, 6) is 2.05. The standard InChI is InChI=1S/C19H28N4O2/c1-15-20-19(25-21-15)14-22(2)12-16-8-10-23(11-9-16)13-18(24)17-6-4-3-5-7-17/h3-7,16,18,24H,8-14H2,1-2H3. The zero-order valence-electron chi connectivity index (χ0n) is 15.1. The van der Waals surface area contributed by atoms with Crippen molar-refractivity contribution in [3.05, 3.63) is 47.6 Å². The summed E-state index contributed by atoms with van der Waals surface area (Å²) in [7, 11) is 2.10. The van der Waals surface area contributed by atoms with Crippen LogP contribution >= 0.6 is 0 Å². The van der Waals surface area contributed by atoms with Crippen LogP contribution < -0.4 is 0 Å². The topological polar surface area (TPSA) is 65.6 Å². The van der Waals surface area contributed by atoms with Crippen molar-refractivity contribution in [1.29, 1.82) is 0 Å². The van der Waals surface area contributed by atoms with Gasteiger partial charge in [0.15, 0.2) is 5.82 Å². The monoisotopic (exact) mass is 344 g/mol. The molecular formula is C19H28N4O2. The van der Waals surface area contributed by atoms with Gasteiger partial charge in [0.25, 0.3) is 0 Å². The summed E-state index contributed by atoms with van der Waals surface area (Å²) >= 11 is 0. The lowest BCUT2D eigenvalue weighted by molar-refractivity contribution is 0.0816. The highest BCUT2D eigenvalue weighted by atomic mass is 16.5. The van der Waals surface area contributed by atoms with E-state index in [1.807, 2.05) is 37.3 Å². The summed E-state index contributed by atoms with van der Waals surface area (Å²) in [6, 6.07) is 9.92. The van der Waals surface area contributed by atoms with Crippen LogP contribution in [0.1, 0.15) is 36.2 Å². The molecule has 1 aliphatic rings. The van der Waals surface area contributed by atoms with Gasteiger partial charge in [-0.15, -0.1) is 0 Å². The summed E-state index contributed by atoms with van der Waals surface area (Å²) in [6.07, 6.45) is 1.92. The average Bonchev–Trinajstić information content (AvgIpc) is 3.02. The van der Waals surface area contributed by atoms with Crippen molar-refractivity contribution in [3.8, 4) is 0 Å². The number of rotatable bonds is 7. The molecule has 0 bridgehead atoms. The highest BCUT2D eigenvalue weighted by Crippen LogP contribution is 2.21. The van der Waals surface area contributed by atoms with Crippen molar-refractivity contribution >= 4 is 0 Å². The molecule has 0 spiro atoms. The molecule has 136 valence electrons. The van der Waals surface area contributed by atoms with Gasteiger partial charge in [-0.3, -0.25) is 4.90 Å². The molecule has 1 unspecified atom stereocenters. The van der Waals surface area contributed by atoms with Gasteiger partial charge in [0.05, 0.1) is 12.6 Å². The van der Waals surface area contributed by atoms with Crippen molar-refractivity contribution in [1.82, 2.24) is 19.9 Å². The minimum Gasteiger partial charge on any atom is -0.387 e. The maximum absolute atomic E-state index is 10.4. The van der Waals surface area contributed by atoms with Gasteiger partial charge in [0.2, 0.25) is 5.89 Å². The molecule has 1 fully saturated rings. The normalized spacial score (nSPS) is 17.9. The summed E-state index contributed by atoms with van der Waals surface area (Å²) in [4.78, 5) is 8.89. The van der Waals surface area contributed by atoms with E-state index in [9.17, 15) is 5.11 Å². The summed E-state index contributed by atoms with van der Waals surface area (Å²) < 4.78 is 5.19. The lowest BCUT2D eigenvalue weighted by atomic mass is 9.95. The molecule has 1 aliphatic heterocycles. The van der Waals surface area contributed by atoms with Crippen molar-refractivity contribution in [2.24, 2.45) is 5.92 Å². The fourth-order valence-corrected chi connectivity index (χ4v) is 3.52. The molecule has 1 aromatic heterocycles. The average molecular weight is 344 g/mol. The molecule has 0 aliphatic carbocycles. The molecule has 0 saturated carbocycles. The van der Waals surface area contributed by atoms with Crippen LogP contribution in [0.3, 0.4) is 0 Å². The second kappa shape index (κ2) is 8.56. The van der Waals surface area contributed by atoms with Gasteiger partial charge in [-0.1, -0.05) is 35.5 Å². The largest absolute Gasteiger partial charge is 0.387 e. The maximum atomic E-state index is 10.4. The number of aryl methyl sites for hydroxylation is 1. The smallest absolute Gasteiger partial charge is 0.240 e. The van der Waals surface area contributed by atoms with Gasteiger partial charge >= 0.3 is 0 Å². The Kier molecular flexibility index (Phi) is 6.18. The maximum Gasteiger partial charge on any atom is 0.240 e. The Morgan fingerprint density at radius 1 is 1.28 bits per heavy atom. The molecule has 1 atom stereocenters. The number of hydrogen-bond donors (Lipinski definition) is 1. The molecule has 6 nitrogen and oxygen atoms in total. The molecule has 2 heterocycles. The van der Waals surface area contributed by atoms with Crippen LogP contribution in [0.4, 0.5) is 0 Å². The van der Waals surface area contributed by atoms with Crippen LogP contribution in [0.2, 0.25) is 0 Å². The number of likely N-dealkylation sites (tertiary alicyclic amines) is 1. The predicted octanol–water partition coefficient (Wildman–Crippen LogP) is 2.26. The first kappa shape index (κ1) is 18.0. The van der Waals surface area contributed by atoms with Crippen LogP contribution in [-0.4, -0.2) is 58.3 Å². The fraction of sp³-hybridized carbons (Fsp3) is 0.579. The number of hydrogen-bond acceptors (Lipinski definition) is 6. The molecule has 0 radical (unpaired) electrons. The molecule has 3 rings (SSSR count). The Morgan fingerprint density at radius 2 is 2.00 bits per heavy atom. The number of β-amino-alcohol motifs (C(OH)–C–C–N with tert-alkyl or cyclic N) is 1. The van der Waals surface area contributed by atoms with Crippen molar-refractivity contribution in [3.63, 3.8) is 0 Å². The first-order valence-corrected chi connectivity index (χ1v) is 9.03. The summed E-state index contributed by atoms with van der Waals surface area (Å²) in [5, 5.41) is 14.2. The number of aliphatic hydroxyl groups is 1. The Bertz CT molecular complexity index is 638. The molecule has 6 heteroatoms. The second-order valence-electron chi connectivity index (χ2n) is 7.10. The molecule has 1 aromatic carbocycles. The number of piperidine rings is 1. The van der Waals surface area contributed by atoms with Crippen LogP contribution in [-0.2, 0) is 6.54 Å². The highest BCUT2D eigenvalue weighted by molar-refractivity contribution is 5.17. The first-order valence-electron chi connectivity index (χ1n) is 9.03. The predicted molar refractivity (Wildman–Crippen MR) is 95.9 cm³/mol. The van der Waals surface area contributed by atoms with E-state index in [4.69, 9.17) is 4.52 Å². The molecule has 2 aromatic rings. The number of benzene rings is 1. The summed E-state index contributed by atoms with van der Waals surface area (Å²) in [5.41, 5.74) is 0.999. The Balaban J connectivity index is 1.39. The van der Waals surface area contributed by atoms with Gasteiger partial charge < -0.3 is 14.5 Å². The SMILES string of the molecule is Cc1noc(CN(C)CC2CCN(CC(O)c3ccccc3)CC2)n1. The zero-order chi connectivity index (χ0) is 17.6. The molecule has 0 amide bonds. The highest BCUT2D eigenvalue weighted by Gasteiger charge is 2.23. The van der Waals surface area contributed by atoms with Gasteiger partial charge in [-0.25, -0.2) is 0 Å². The third-order valence-electron chi connectivity index (χ3n) is 4.87. The quantitative estimate of drug-likeness (QED) is 0.831. The van der Waals surface area contributed by atoms with E-state index in [-0.39, 0.29) is 0 Å². The third kappa shape index (κ3) is 5.36. The van der Waals surface area contributed by atoms with E-state index in [2.05, 4.69) is 27.0 Å². The van der Waals surface area contributed by atoms with Crippen LogP contribution in [0, 0.1) is 12.8 Å². The van der Waals surface area contributed by atoms with Crippen LogP contribution in [0.25, 0.3) is 0 Å². The van der Waals surface area contributed by atoms with Gasteiger partial charge in [0.1, 0.15) is 0 Å². The fourth-order valence-electron chi connectivity index (χ4n) is 3.52. The van der Waals surface area contributed by atoms with Gasteiger partial charge in [0, 0.05) is 13.1 Å². The van der Waals surface area contributed by atoms with Crippen molar-refractivity contribution in [2.45, 2.75) is 32.4 Å². The van der Waals surface area contributed by atoms with E-state index in [0.717, 1.165) is 38.0 Å². The van der Waals surface area contributed by atoms with Crippen molar-refractivity contribution < 1.29 is 9.63 Å². The van der Waals surface area contributed by atoms with E-state index >= 15 is 0 Å². The Morgan fingerprint density at radius 3 is 2.64 bits per heavy atom. The van der Waals surface area contributed by atoms with E-state index in [0.29, 0.717) is 30.7 Å². The molecular weight excluding hydrogens is 316 g/mol. The molecule has 25 heavy (non-hydrogen) atoms. The number of aromatic nitrogens is 2. The minimum atomic E-state index is -0.402. The molecule has 1 saturated heterocycles.